The predicted octanol–water partition coefficient (Wildman–Crippen LogP) is 2.40. The van der Waals surface area contributed by atoms with Gasteiger partial charge in [-0.15, -0.1) is 0 Å². The van der Waals surface area contributed by atoms with E-state index in [1.54, 1.807) is 0 Å². The van der Waals surface area contributed by atoms with Crippen LogP contribution in [0, 0.1) is 12.8 Å². The largest absolute Gasteiger partial charge is 0.465 e. The molecule has 1 aromatic rings. The van der Waals surface area contributed by atoms with Gasteiger partial charge >= 0.3 is 6.03 Å². The summed E-state index contributed by atoms with van der Waals surface area (Å²) in [5.74, 6) is 2.50. The number of aryl methyl sites for hydroxylation is 1. The number of urea groups is 1. The Hall–Kier alpha value is -1.53. The minimum absolute atomic E-state index is 0.00318. The van der Waals surface area contributed by atoms with Crippen LogP contribution in [0.1, 0.15) is 36.8 Å². The van der Waals surface area contributed by atoms with Crippen molar-refractivity contribution in [2.75, 3.05) is 46.4 Å². The second-order valence-electron chi connectivity index (χ2n) is 6.98. The molecule has 2 fully saturated rings. The topological polar surface area (TPSA) is 58.0 Å². The maximum atomic E-state index is 12.4. The van der Waals surface area contributed by atoms with Gasteiger partial charge in [-0.3, -0.25) is 4.90 Å². The summed E-state index contributed by atoms with van der Waals surface area (Å²) >= 11 is 0. The summed E-state index contributed by atoms with van der Waals surface area (Å²) in [6.45, 7) is 6.54. The Balaban J connectivity index is 1.57. The van der Waals surface area contributed by atoms with Gasteiger partial charge < -0.3 is 19.4 Å². The van der Waals surface area contributed by atoms with Gasteiger partial charge in [-0.05, 0) is 37.8 Å². The minimum atomic E-state index is 0.00318. The number of ether oxygens (including phenoxy) is 1. The second-order valence-corrected chi connectivity index (χ2v) is 6.98. The lowest BCUT2D eigenvalue weighted by atomic mass is 9.85. The van der Waals surface area contributed by atoms with E-state index in [9.17, 15) is 4.79 Å². The average Bonchev–Trinajstić information content (AvgIpc) is 2.98. The summed E-state index contributed by atoms with van der Waals surface area (Å²) in [5, 5.41) is 3.09. The zero-order valence-electron chi connectivity index (χ0n) is 14.8. The van der Waals surface area contributed by atoms with Crippen molar-refractivity contribution in [3.05, 3.63) is 23.7 Å². The number of amides is 2. The van der Waals surface area contributed by atoms with Crippen LogP contribution < -0.4 is 5.32 Å². The first-order chi connectivity index (χ1) is 11.6. The van der Waals surface area contributed by atoms with E-state index >= 15 is 0 Å². The quantitative estimate of drug-likeness (QED) is 0.867. The number of carbonyl (C=O) groups excluding carboxylic acids is 1. The van der Waals surface area contributed by atoms with Gasteiger partial charge in [0, 0.05) is 33.2 Å². The lowest BCUT2D eigenvalue weighted by Gasteiger charge is -2.34. The van der Waals surface area contributed by atoms with Crippen molar-refractivity contribution in [2.45, 2.75) is 32.2 Å². The van der Waals surface area contributed by atoms with Crippen LogP contribution in [0.2, 0.25) is 0 Å². The number of rotatable bonds is 6. The Morgan fingerprint density at radius 3 is 2.71 bits per heavy atom. The van der Waals surface area contributed by atoms with Crippen molar-refractivity contribution >= 4 is 6.03 Å². The highest BCUT2D eigenvalue weighted by Gasteiger charge is 2.27. The third kappa shape index (κ3) is 4.30. The molecular weight excluding hydrogens is 306 g/mol. The van der Waals surface area contributed by atoms with E-state index in [0.29, 0.717) is 12.5 Å². The zero-order chi connectivity index (χ0) is 16.9. The molecule has 0 bridgehead atoms. The molecule has 1 atom stereocenters. The Morgan fingerprint density at radius 2 is 2.12 bits per heavy atom. The minimum Gasteiger partial charge on any atom is -0.465 e. The highest BCUT2D eigenvalue weighted by atomic mass is 16.5. The van der Waals surface area contributed by atoms with Gasteiger partial charge in [-0.1, -0.05) is 6.42 Å². The van der Waals surface area contributed by atoms with Crippen LogP contribution in [0.25, 0.3) is 0 Å². The standard InChI is InChI=1S/C18H29N3O3/c1-14-6-7-17(24-14)16(21-8-10-23-11-9-21)12-19-18(22)20(2)13-15-4-3-5-15/h6-7,15-16H,3-5,8-13H2,1-2H3,(H,19,22)/t16-/m1/s1. The zero-order valence-corrected chi connectivity index (χ0v) is 14.8. The number of morpholine rings is 1. The Morgan fingerprint density at radius 1 is 1.38 bits per heavy atom. The summed E-state index contributed by atoms with van der Waals surface area (Å²) in [6, 6.07) is 4.06. The maximum Gasteiger partial charge on any atom is 0.317 e. The van der Waals surface area contributed by atoms with Gasteiger partial charge in [-0.2, -0.15) is 0 Å². The molecular formula is C18H29N3O3. The molecule has 1 aliphatic carbocycles. The van der Waals surface area contributed by atoms with E-state index in [2.05, 4.69) is 10.2 Å². The molecule has 24 heavy (non-hydrogen) atoms. The molecule has 1 saturated heterocycles. The lowest BCUT2D eigenvalue weighted by Crippen LogP contribution is -2.47. The first-order valence-electron chi connectivity index (χ1n) is 9.00. The van der Waals surface area contributed by atoms with E-state index in [1.807, 2.05) is 31.0 Å². The smallest absolute Gasteiger partial charge is 0.317 e. The van der Waals surface area contributed by atoms with Gasteiger partial charge in [-0.25, -0.2) is 4.79 Å². The van der Waals surface area contributed by atoms with Crippen LogP contribution in [0.3, 0.4) is 0 Å². The van der Waals surface area contributed by atoms with E-state index < -0.39 is 0 Å². The Kier molecular flexibility index (Phi) is 5.79. The third-order valence-electron chi connectivity index (χ3n) is 5.13. The van der Waals surface area contributed by atoms with Crippen molar-refractivity contribution in [1.29, 1.82) is 0 Å². The highest BCUT2D eigenvalue weighted by Crippen LogP contribution is 2.27. The fourth-order valence-electron chi connectivity index (χ4n) is 3.40. The normalized spacial score (nSPS) is 20.4. The van der Waals surface area contributed by atoms with Gasteiger partial charge in [0.1, 0.15) is 11.5 Å². The molecule has 0 aromatic carbocycles. The number of carbonyl (C=O) groups is 1. The fourth-order valence-corrected chi connectivity index (χ4v) is 3.40. The molecule has 2 aliphatic rings. The average molecular weight is 335 g/mol. The monoisotopic (exact) mass is 335 g/mol. The van der Waals surface area contributed by atoms with Gasteiger partial charge in [0.25, 0.3) is 0 Å². The third-order valence-corrected chi connectivity index (χ3v) is 5.13. The summed E-state index contributed by atoms with van der Waals surface area (Å²) in [6.07, 6.45) is 3.80. The molecule has 6 heteroatoms. The van der Waals surface area contributed by atoms with Crippen molar-refractivity contribution < 1.29 is 13.9 Å². The summed E-state index contributed by atoms with van der Waals surface area (Å²) in [7, 11) is 1.88. The SMILES string of the molecule is Cc1ccc([C@@H](CNC(=O)N(C)CC2CCC2)N2CCOCC2)o1. The molecule has 1 aliphatic heterocycles. The van der Waals surface area contributed by atoms with Crippen molar-refractivity contribution in [1.82, 2.24) is 15.1 Å². The van der Waals surface area contributed by atoms with Crippen LogP contribution in [0.4, 0.5) is 4.79 Å². The number of hydrogen-bond acceptors (Lipinski definition) is 4. The molecule has 0 radical (unpaired) electrons. The van der Waals surface area contributed by atoms with E-state index in [0.717, 1.165) is 44.4 Å². The summed E-state index contributed by atoms with van der Waals surface area (Å²) in [4.78, 5) is 16.5. The molecule has 0 spiro atoms. The first-order valence-corrected chi connectivity index (χ1v) is 9.00. The predicted molar refractivity (Wildman–Crippen MR) is 91.9 cm³/mol. The molecule has 1 aromatic heterocycles. The van der Waals surface area contributed by atoms with Crippen LogP contribution in [-0.4, -0.2) is 62.3 Å². The number of hydrogen-bond donors (Lipinski definition) is 1. The highest BCUT2D eigenvalue weighted by molar-refractivity contribution is 5.73. The van der Waals surface area contributed by atoms with Crippen LogP contribution in [0.15, 0.2) is 16.5 Å². The lowest BCUT2D eigenvalue weighted by molar-refractivity contribution is 0.0119. The molecule has 0 unspecified atom stereocenters. The Bertz CT molecular complexity index is 535. The van der Waals surface area contributed by atoms with Gasteiger partial charge in [0.2, 0.25) is 0 Å². The summed E-state index contributed by atoms with van der Waals surface area (Å²) < 4.78 is 11.3. The van der Waals surface area contributed by atoms with Crippen LogP contribution >= 0.6 is 0 Å². The molecule has 6 nitrogen and oxygen atoms in total. The maximum absolute atomic E-state index is 12.4. The molecule has 2 heterocycles. The fraction of sp³-hybridized carbons (Fsp3) is 0.722. The van der Waals surface area contributed by atoms with Crippen LogP contribution in [0.5, 0.6) is 0 Å². The number of nitrogens with one attached hydrogen (secondary N) is 1. The number of furan rings is 1. The van der Waals surface area contributed by atoms with Gasteiger partial charge in [0.05, 0.1) is 19.3 Å². The van der Waals surface area contributed by atoms with Crippen LogP contribution in [-0.2, 0) is 4.74 Å². The Labute approximate surface area is 144 Å². The molecule has 134 valence electrons. The number of nitrogens with zero attached hydrogens (tertiary/aromatic N) is 2. The molecule has 1 N–H and O–H groups in total. The second kappa shape index (κ2) is 8.03. The summed E-state index contributed by atoms with van der Waals surface area (Å²) in [5.41, 5.74) is 0. The van der Waals surface area contributed by atoms with E-state index in [1.165, 1.54) is 19.3 Å². The molecule has 1 saturated carbocycles. The van der Waals surface area contributed by atoms with Crippen molar-refractivity contribution in [3.8, 4) is 0 Å². The van der Waals surface area contributed by atoms with Gasteiger partial charge in [0.15, 0.2) is 0 Å². The van der Waals surface area contributed by atoms with E-state index in [4.69, 9.17) is 9.15 Å². The van der Waals surface area contributed by atoms with Crippen molar-refractivity contribution in [2.24, 2.45) is 5.92 Å². The molecule has 3 rings (SSSR count). The van der Waals surface area contributed by atoms with E-state index in [-0.39, 0.29) is 12.1 Å². The molecule has 2 amide bonds. The first kappa shape index (κ1) is 17.3. The van der Waals surface area contributed by atoms with Crippen molar-refractivity contribution in [3.63, 3.8) is 0 Å².